The lowest BCUT2D eigenvalue weighted by atomic mass is 9.97. The van der Waals surface area contributed by atoms with Crippen LogP contribution in [0.1, 0.15) is 34.8 Å². The fraction of sp³-hybridized carbons (Fsp3) is 0.269. The number of rotatable bonds is 7. The van der Waals surface area contributed by atoms with Crippen molar-refractivity contribution in [1.82, 2.24) is 30.7 Å². The summed E-state index contributed by atoms with van der Waals surface area (Å²) in [6.45, 7) is 7.44. The van der Waals surface area contributed by atoms with Crippen molar-refractivity contribution in [1.29, 1.82) is 0 Å². The van der Waals surface area contributed by atoms with Gasteiger partial charge in [0.15, 0.2) is 6.33 Å². The smallest absolute Gasteiger partial charge is 0.315 e. The highest BCUT2D eigenvalue weighted by molar-refractivity contribution is 5.89. The number of carbonyl (C=O) groups excluding carboxylic acids is 1. The maximum atomic E-state index is 15.3. The first-order chi connectivity index (χ1) is 18.0. The number of nitrogens with zero attached hydrogens (tertiary/aromatic N) is 5. The van der Waals surface area contributed by atoms with Gasteiger partial charge in [-0.3, -0.25) is 4.79 Å². The molecule has 3 N–H and O–H groups in total. The number of nitrogens with one attached hydrogen (secondary N) is 3. The van der Waals surface area contributed by atoms with Gasteiger partial charge in [0.05, 0.1) is 11.7 Å². The number of aryl methyl sites for hydroxylation is 1. The molecular formula is C26H27FN8O2. The molecule has 0 saturated carbocycles. The first-order valence-corrected chi connectivity index (χ1v) is 12.0. The van der Waals surface area contributed by atoms with Crippen molar-refractivity contribution in [3.05, 3.63) is 78.0 Å². The van der Waals surface area contributed by atoms with Crippen LogP contribution < -0.4 is 20.9 Å². The molecule has 0 radical (unpaired) electrons. The second kappa shape index (κ2) is 10.7. The molecule has 4 aromatic rings. The van der Waals surface area contributed by atoms with E-state index in [1.807, 2.05) is 19.1 Å². The minimum atomic E-state index is -0.526. The van der Waals surface area contributed by atoms with E-state index in [1.165, 1.54) is 12.4 Å². The van der Waals surface area contributed by atoms with Gasteiger partial charge in [0.2, 0.25) is 0 Å². The molecule has 5 rings (SSSR count). The van der Waals surface area contributed by atoms with Crippen molar-refractivity contribution in [2.45, 2.75) is 19.9 Å². The molecule has 1 fully saturated rings. The maximum absolute atomic E-state index is 15.3. The van der Waals surface area contributed by atoms with E-state index < -0.39 is 17.8 Å². The third-order valence-electron chi connectivity index (χ3n) is 6.27. The zero-order valence-electron chi connectivity index (χ0n) is 20.5. The third-order valence-corrected chi connectivity index (χ3v) is 6.27. The SMILES string of the molecule is Cc1cc(-c2cc(Nc3cccc(N4CCNCC4)c3)ncn2)c(F)cc1C(C)NC(=O)c1ncno1. The largest absolute Gasteiger partial charge is 0.369 e. The number of halogens is 1. The van der Waals surface area contributed by atoms with E-state index in [0.717, 1.165) is 49.4 Å². The van der Waals surface area contributed by atoms with Gasteiger partial charge in [0.25, 0.3) is 0 Å². The highest BCUT2D eigenvalue weighted by Gasteiger charge is 2.20. The fourth-order valence-electron chi connectivity index (χ4n) is 4.39. The average molecular weight is 503 g/mol. The van der Waals surface area contributed by atoms with Crippen LogP contribution in [-0.2, 0) is 0 Å². The number of anilines is 3. The lowest BCUT2D eigenvalue weighted by Crippen LogP contribution is -2.43. The minimum absolute atomic E-state index is 0.152. The van der Waals surface area contributed by atoms with Crippen LogP contribution in [0.25, 0.3) is 11.3 Å². The molecule has 2 aromatic heterocycles. The molecular weight excluding hydrogens is 475 g/mol. The van der Waals surface area contributed by atoms with Crippen molar-refractivity contribution in [3.8, 4) is 11.3 Å². The summed E-state index contributed by atoms with van der Waals surface area (Å²) in [6.07, 6.45) is 2.56. The van der Waals surface area contributed by atoms with E-state index in [1.54, 1.807) is 19.1 Å². The van der Waals surface area contributed by atoms with Gasteiger partial charge in [0.1, 0.15) is 18.0 Å². The van der Waals surface area contributed by atoms with Gasteiger partial charge >= 0.3 is 11.8 Å². The van der Waals surface area contributed by atoms with Gasteiger partial charge in [-0.15, -0.1) is 0 Å². The van der Waals surface area contributed by atoms with Crippen LogP contribution in [0.15, 0.2) is 59.6 Å². The Hall–Kier alpha value is -4.38. The molecule has 3 heterocycles. The topological polar surface area (TPSA) is 121 Å². The zero-order valence-corrected chi connectivity index (χ0v) is 20.5. The van der Waals surface area contributed by atoms with Crippen molar-refractivity contribution in [2.75, 3.05) is 36.4 Å². The van der Waals surface area contributed by atoms with Crippen LogP contribution in [0.5, 0.6) is 0 Å². The number of amides is 1. The normalized spacial score (nSPS) is 14.3. The second-order valence-corrected chi connectivity index (χ2v) is 8.83. The number of aromatic nitrogens is 4. The third kappa shape index (κ3) is 5.56. The lowest BCUT2D eigenvalue weighted by molar-refractivity contribution is 0.0895. The summed E-state index contributed by atoms with van der Waals surface area (Å²) in [6, 6.07) is 12.5. The Balaban J connectivity index is 1.34. The van der Waals surface area contributed by atoms with E-state index in [4.69, 9.17) is 4.52 Å². The molecule has 1 saturated heterocycles. The summed E-state index contributed by atoms with van der Waals surface area (Å²) in [5.41, 5.74) is 4.25. The summed E-state index contributed by atoms with van der Waals surface area (Å²) in [7, 11) is 0. The molecule has 190 valence electrons. The lowest BCUT2D eigenvalue weighted by Gasteiger charge is -2.29. The van der Waals surface area contributed by atoms with E-state index in [-0.39, 0.29) is 5.89 Å². The van der Waals surface area contributed by atoms with Gasteiger partial charge in [0, 0.05) is 49.2 Å². The predicted molar refractivity (Wildman–Crippen MR) is 137 cm³/mol. The van der Waals surface area contributed by atoms with E-state index in [9.17, 15) is 4.79 Å². The first-order valence-electron chi connectivity index (χ1n) is 12.0. The highest BCUT2D eigenvalue weighted by Crippen LogP contribution is 2.29. The van der Waals surface area contributed by atoms with Crippen LogP contribution in [-0.4, -0.2) is 52.2 Å². The molecule has 10 nitrogen and oxygen atoms in total. The summed E-state index contributed by atoms with van der Waals surface area (Å²) in [4.78, 5) is 26.9. The minimum Gasteiger partial charge on any atom is -0.369 e. The summed E-state index contributed by atoms with van der Waals surface area (Å²) < 4.78 is 20.0. The quantitative estimate of drug-likeness (QED) is 0.348. The Morgan fingerprint density at radius 3 is 2.73 bits per heavy atom. The molecule has 2 aromatic carbocycles. The van der Waals surface area contributed by atoms with E-state index in [0.29, 0.717) is 22.6 Å². The van der Waals surface area contributed by atoms with Crippen LogP contribution in [0.2, 0.25) is 0 Å². The van der Waals surface area contributed by atoms with Gasteiger partial charge in [-0.25, -0.2) is 14.4 Å². The number of hydrogen-bond acceptors (Lipinski definition) is 9. The van der Waals surface area contributed by atoms with Gasteiger partial charge in [-0.1, -0.05) is 11.2 Å². The Bertz CT molecular complexity index is 1390. The molecule has 1 atom stereocenters. The van der Waals surface area contributed by atoms with E-state index in [2.05, 4.69) is 53.1 Å². The Kier molecular flexibility index (Phi) is 7.04. The number of carbonyl (C=O) groups is 1. The predicted octanol–water partition coefficient (Wildman–Crippen LogP) is 3.62. The molecule has 11 heteroatoms. The Morgan fingerprint density at radius 1 is 1.11 bits per heavy atom. The number of benzene rings is 2. The Labute approximate surface area is 213 Å². The number of hydrogen-bond donors (Lipinski definition) is 3. The van der Waals surface area contributed by atoms with Crippen molar-refractivity contribution >= 4 is 23.1 Å². The van der Waals surface area contributed by atoms with Crippen molar-refractivity contribution in [2.24, 2.45) is 0 Å². The summed E-state index contributed by atoms with van der Waals surface area (Å²) in [5, 5.41) is 12.8. The molecule has 1 aliphatic heterocycles. The molecule has 0 aliphatic carbocycles. The standard InChI is InChI=1S/C26H27FN8O2/c1-16-10-21(22(27)12-20(16)17(2)33-25(36)26-31-15-32-37-26)23-13-24(30-14-29-23)34-18-4-3-5-19(11-18)35-8-6-28-7-9-35/h3-5,10-15,17,28H,6-9H2,1-2H3,(H,33,36)(H,29,30,34). The first kappa shape index (κ1) is 24.3. The van der Waals surface area contributed by atoms with Gasteiger partial charge in [-0.05, 0) is 55.3 Å². The highest BCUT2D eigenvalue weighted by atomic mass is 19.1. The van der Waals surface area contributed by atoms with E-state index >= 15 is 4.39 Å². The Morgan fingerprint density at radius 2 is 1.95 bits per heavy atom. The van der Waals surface area contributed by atoms with Crippen LogP contribution >= 0.6 is 0 Å². The van der Waals surface area contributed by atoms with Gasteiger partial charge in [-0.2, -0.15) is 4.98 Å². The number of piperazine rings is 1. The molecule has 37 heavy (non-hydrogen) atoms. The van der Waals surface area contributed by atoms with Gasteiger partial charge < -0.3 is 25.4 Å². The second-order valence-electron chi connectivity index (χ2n) is 8.83. The monoisotopic (exact) mass is 502 g/mol. The maximum Gasteiger partial charge on any atom is 0.315 e. The van der Waals surface area contributed by atoms with Crippen LogP contribution in [0.4, 0.5) is 21.6 Å². The molecule has 0 bridgehead atoms. The van der Waals surface area contributed by atoms with Crippen molar-refractivity contribution < 1.29 is 13.7 Å². The fourth-order valence-corrected chi connectivity index (χ4v) is 4.39. The molecule has 1 aliphatic rings. The molecule has 1 amide bonds. The molecule has 0 spiro atoms. The summed E-state index contributed by atoms with van der Waals surface area (Å²) >= 11 is 0. The summed E-state index contributed by atoms with van der Waals surface area (Å²) in [5.74, 6) is -0.573. The molecule has 1 unspecified atom stereocenters. The van der Waals surface area contributed by atoms with Crippen LogP contribution in [0.3, 0.4) is 0 Å². The van der Waals surface area contributed by atoms with Crippen molar-refractivity contribution in [3.63, 3.8) is 0 Å². The van der Waals surface area contributed by atoms with Crippen LogP contribution in [0, 0.1) is 12.7 Å². The average Bonchev–Trinajstić information content (AvgIpc) is 3.46. The zero-order chi connectivity index (χ0) is 25.8.